The maximum Gasteiger partial charge on any atom is 0.276 e. The lowest BCUT2D eigenvalue weighted by Crippen LogP contribution is -2.26. The first-order valence-corrected chi connectivity index (χ1v) is 7.79. The Labute approximate surface area is 147 Å². The molecule has 5 nitrogen and oxygen atoms in total. The van der Waals surface area contributed by atoms with Gasteiger partial charge in [0.15, 0.2) is 0 Å². The Kier molecular flexibility index (Phi) is 4.90. The molecule has 0 bridgehead atoms. The Morgan fingerprint density at radius 1 is 1.08 bits per heavy atom. The molecule has 1 amide bonds. The van der Waals surface area contributed by atoms with E-state index in [4.69, 9.17) is 11.6 Å². The van der Waals surface area contributed by atoms with Gasteiger partial charge in [-0.05, 0) is 35.9 Å². The van der Waals surface area contributed by atoms with Gasteiger partial charge in [0, 0.05) is 6.07 Å². The maximum absolute atomic E-state index is 13.0. The molecule has 126 valence electrons. The van der Waals surface area contributed by atoms with Crippen LogP contribution in [0.3, 0.4) is 0 Å². The summed E-state index contributed by atoms with van der Waals surface area (Å²) in [4.78, 5) is 24.3. The van der Waals surface area contributed by atoms with Gasteiger partial charge < -0.3 is 5.32 Å². The van der Waals surface area contributed by atoms with Crippen LogP contribution >= 0.6 is 11.6 Å². The average Bonchev–Trinajstić information content (AvgIpc) is 2.60. The lowest BCUT2D eigenvalue weighted by Gasteiger charge is -2.09. The molecule has 7 heteroatoms. The number of nitrogens with one attached hydrogen (secondary N) is 1. The Balaban J connectivity index is 1.83. The van der Waals surface area contributed by atoms with Gasteiger partial charge in [-0.25, -0.2) is 9.07 Å². The first-order chi connectivity index (χ1) is 12.0. The first kappa shape index (κ1) is 16.9. The Morgan fingerprint density at radius 3 is 2.52 bits per heavy atom. The molecule has 0 aliphatic heterocycles. The van der Waals surface area contributed by atoms with E-state index in [1.54, 1.807) is 36.4 Å². The number of amides is 1. The molecular weight excluding hydrogens is 345 g/mol. The van der Waals surface area contributed by atoms with E-state index in [0.717, 1.165) is 4.68 Å². The van der Waals surface area contributed by atoms with Gasteiger partial charge in [-0.15, -0.1) is 0 Å². The van der Waals surface area contributed by atoms with E-state index in [1.807, 2.05) is 0 Å². The van der Waals surface area contributed by atoms with Gasteiger partial charge in [-0.2, -0.15) is 5.10 Å². The summed E-state index contributed by atoms with van der Waals surface area (Å²) < 4.78 is 14.1. The Morgan fingerprint density at radius 2 is 1.80 bits per heavy atom. The number of hydrogen-bond acceptors (Lipinski definition) is 3. The van der Waals surface area contributed by atoms with Crippen LogP contribution in [0.5, 0.6) is 0 Å². The number of nitrogens with zero attached hydrogens (tertiary/aromatic N) is 2. The predicted molar refractivity (Wildman–Crippen MR) is 93.4 cm³/mol. The molecule has 0 aliphatic rings. The van der Waals surface area contributed by atoms with E-state index < -0.39 is 5.91 Å². The minimum Gasteiger partial charge on any atom is -0.319 e. The van der Waals surface area contributed by atoms with Gasteiger partial charge in [-0.1, -0.05) is 35.9 Å². The van der Waals surface area contributed by atoms with Crippen molar-refractivity contribution in [2.45, 2.75) is 6.54 Å². The number of para-hydroxylation sites is 1. The summed E-state index contributed by atoms with van der Waals surface area (Å²) in [6.45, 7) is 0.131. The number of aromatic nitrogens is 2. The second-order valence-electron chi connectivity index (χ2n) is 5.27. The van der Waals surface area contributed by atoms with E-state index in [0.29, 0.717) is 16.3 Å². The number of halogens is 2. The zero-order valence-corrected chi connectivity index (χ0v) is 13.7. The second-order valence-corrected chi connectivity index (χ2v) is 5.68. The summed E-state index contributed by atoms with van der Waals surface area (Å²) >= 11 is 6.01. The molecule has 1 N–H and O–H groups in total. The van der Waals surface area contributed by atoms with Crippen molar-refractivity contribution >= 4 is 23.2 Å². The second kappa shape index (κ2) is 7.27. The quantitative estimate of drug-likeness (QED) is 0.779. The molecule has 25 heavy (non-hydrogen) atoms. The number of benzene rings is 2. The fraction of sp³-hybridized carbons (Fsp3) is 0.0556. The van der Waals surface area contributed by atoms with Crippen molar-refractivity contribution in [2.24, 2.45) is 0 Å². The summed E-state index contributed by atoms with van der Waals surface area (Å²) in [5.41, 5.74) is 0.854. The van der Waals surface area contributed by atoms with E-state index >= 15 is 0 Å². The highest BCUT2D eigenvalue weighted by atomic mass is 35.5. The van der Waals surface area contributed by atoms with Gasteiger partial charge in [0.1, 0.15) is 11.5 Å². The first-order valence-electron chi connectivity index (χ1n) is 7.41. The minimum atomic E-state index is -0.485. The number of anilines is 1. The zero-order chi connectivity index (χ0) is 17.8. The molecule has 0 radical (unpaired) electrons. The summed E-state index contributed by atoms with van der Waals surface area (Å²) in [6.07, 6.45) is 0. The molecule has 3 rings (SSSR count). The smallest absolute Gasteiger partial charge is 0.276 e. The third-order valence-electron chi connectivity index (χ3n) is 3.47. The van der Waals surface area contributed by atoms with Crippen molar-refractivity contribution in [3.63, 3.8) is 0 Å². The van der Waals surface area contributed by atoms with Crippen LogP contribution in [-0.2, 0) is 6.54 Å². The number of hydrogen-bond donors (Lipinski definition) is 1. The van der Waals surface area contributed by atoms with Crippen LogP contribution in [0.4, 0.5) is 10.1 Å². The molecule has 0 saturated heterocycles. The fourth-order valence-electron chi connectivity index (χ4n) is 2.19. The summed E-state index contributed by atoms with van der Waals surface area (Å²) in [7, 11) is 0. The predicted octanol–water partition coefficient (Wildman–Crippen LogP) is 3.34. The van der Waals surface area contributed by atoms with Gasteiger partial charge >= 0.3 is 0 Å². The number of rotatable bonds is 4. The number of carbonyl (C=O) groups is 1. The molecule has 2 aromatic carbocycles. The van der Waals surface area contributed by atoms with Crippen molar-refractivity contribution in [1.29, 1.82) is 0 Å². The van der Waals surface area contributed by atoms with Crippen molar-refractivity contribution in [3.8, 4) is 0 Å². The molecule has 0 fully saturated rings. The van der Waals surface area contributed by atoms with E-state index in [9.17, 15) is 14.0 Å². The van der Waals surface area contributed by atoms with Crippen LogP contribution in [-0.4, -0.2) is 15.7 Å². The summed E-state index contributed by atoms with van der Waals surface area (Å²) in [6, 6.07) is 15.1. The van der Waals surface area contributed by atoms with Crippen LogP contribution in [0.1, 0.15) is 16.1 Å². The molecule has 0 atom stereocenters. The van der Waals surface area contributed by atoms with Gasteiger partial charge in [0.05, 0.1) is 17.3 Å². The van der Waals surface area contributed by atoms with Gasteiger partial charge in [-0.3, -0.25) is 9.59 Å². The van der Waals surface area contributed by atoms with Crippen LogP contribution in [0.2, 0.25) is 5.02 Å². The fourth-order valence-corrected chi connectivity index (χ4v) is 2.38. The molecule has 3 aromatic rings. The monoisotopic (exact) mass is 357 g/mol. The van der Waals surface area contributed by atoms with Crippen LogP contribution in [0, 0.1) is 5.82 Å². The third-order valence-corrected chi connectivity index (χ3v) is 3.80. The van der Waals surface area contributed by atoms with Crippen molar-refractivity contribution < 1.29 is 9.18 Å². The van der Waals surface area contributed by atoms with Crippen LogP contribution in [0.15, 0.2) is 65.5 Å². The lowest BCUT2D eigenvalue weighted by atomic mass is 10.2. The average molecular weight is 358 g/mol. The molecule has 0 saturated carbocycles. The molecule has 0 unspecified atom stereocenters. The molecule has 1 heterocycles. The van der Waals surface area contributed by atoms with Crippen LogP contribution < -0.4 is 10.9 Å². The minimum absolute atomic E-state index is 0.0710. The van der Waals surface area contributed by atoms with Crippen molar-refractivity contribution in [3.05, 3.63) is 93.1 Å². The standard InChI is InChI=1S/C18H13ClFN3O2/c19-14-3-1-2-4-15(14)21-18(25)16-9-10-17(24)23(22-16)11-12-5-7-13(20)8-6-12/h1-10H,11H2,(H,21,25). The topological polar surface area (TPSA) is 64.0 Å². The highest BCUT2D eigenvalue weighted by Crippen LogP contribution is 2.20. The normalized spacial score (nSPS) is 10.5. The largest absolute Gasteiger partial charge is 0.319 e. The molecule has 0 spiro atoms. The Hall–Kier alpha value is -2.99. The maximum atomic E-state index is 13.0. The van der Waals surface area contributed by atoms with Crippen LogP contribution in [0.25, 0.3) is 0 Å². The SMILES string of the molecule is O=C(Nc1ccccc1Cl)c1ccc(=O)n(Cc2ccc(F)cc2)n1. The molecule has 0 aliphatic carbocycles. The summed E-state index contributed by atoms with van der Waals surface area (Å²) in [5.74, 6) is -0.849. The highest BCUT2D eigenvalue weighted by Gasteiger charge is 2.12. The van der Waals surface area contributed by atoms with E-state index in [2.05, 4.69) is 10.4 Å². The van der Waals surface area contributed by atoms with E-state index in [-0.39, 0.29) is 23.6 Å². The molecular formula is C18H13ClFN3O2. The number of carbonyl (C=O) groups excluding carboxylic acids is 1. The van der Waals surface area contributed by atoms with Gasteiger partial charge in [0.2, 0.25) is 0 Å². The summed E-state index contributed by atoms with van der Waals surface area (Å²) in [5, 5.41) is 7.12. The van der Waals surface area contributed by atoms with E-state index in [1.165, 1.54) is 24.3 Å². The zero-order valence-electron chi connectivity index (χ0n) is 12.9. The lowest BCUT2D eigenvalue weighted by molar-refractivity contribution is 0.102. The van der Waals surface area contributed by atoms with Crippen molar-refractivity contribution in [2.75, 3.05) is 5.32 Å². The highest BCUT2D eigenvalue weighted by molar-refractivity contribution is 6.33. The van der Waals surface area contributed by atoms with Crippen molar-refractivity contribution in [1.82, 2.24) is 9.78 Å². The third kappa shape index (κ3) is 4.10. The van der Waals surface area contributed by atoms with Gasteiger partial charge in [0.25, 0.3) is 11.5 Å². The Bertz CT molecular complexity index is 971. The molecule has 1 aromatic heterocycles.